The SMILES string of the molecule is CC(=O)N[C@H]1[C@H](OCCCCC(=O)NCCCNC(=O)CCOC[C@@H]2[C@@H](OCCC(=O)NCCCNC(=O)CCCCO[C@@H]3O[C@H](CO)[C@H](O)[C@H](O)[C@H]3NC(C)=O)[C@H](OCCC(=O)NCCCNC(=O)CCCCO[C@@H]3O[C@H](CO)[C@H](O)[C@H](O)[C@H]3NC(C)=O)CCN2C(=O)CCCCCCCCCCC(=O)N2C[C@H](O)C[C@H]2CO[P+](=O)O)O[C@H](CO)[C@H](O)[C@@H]1O. The van der Waals surface area contributed by atoms with Crippen LogP contribution in [0.15, 0.2) is 0 Å². The Labute approximate surface area is 730 Å². The van der Waals surface area contributed by atoms with Crippen LogP contribution in [-0.2, 0) is 104 Å². The zero-order valence-electron chi connectivity index (χ0n) is 72.3. The zero-order chi connectivity index (χ0) is 91.6. The molecule has 5 saturated heterocycles. The number of nitrogens with one attached hydrogen (secondary N) is 9. The maximum absolute atomic E-state index is 14.5. The van der Waals surface area contributed by atoms with Gasteiger partial charge in [0.2, 0.25) is 65.0 Å². The first-order valence-corrected chi connectivity index (χ1v) is 45.1. The van der Waals surface area contributed by atoms with Crippen molar-refractivity contribution in [3.8, 4) is 0 Å². The highest BCUT2D eigenvalue weighted by Crippen LogP contribution is 2.30. The minimum Gasteiger partial charge on any atom is -0.394 e. The van der Waals surface area contributed by atoms with E-state index in [-0.39, 0.29) is 217 Å². The summed E-state index contributed by atoms with van der Waals surface area (Å²) in [6.07, 6.45) is -7.43. The van der Waals surface area contributed by atoms with Gasteiger partial charge in [-0.25, -0.2) is 0 Å². The highest BCUT2D eigenvalue weighted by atomic mass is 31.1. The van der Waals surface area contributed by atoms with Crippen molar-refractivity contribution in [2.24, 2.45) is 0 Å². The van der Waals surface area contributed by atoms with Gasteiger partial charge in [0, 0.05) is 149 Å². The summed E-state index contributed by atoms with van der Waals surface area (Å²) in [7, 11) is -2.84. The van der Waals surface area contributed by atoms with Crippen LogP contribution in [0.2, 0.25) is 0 Å². The molecule has 718 valence electrons. The third-order valence-electron chi connectivity index (χ3n) is 21.8. The van der Waals surface area contributed by atoms with E-state index in [0.29, 0.717) is 70.6 Å². The number of unbranched alkanes of at least 4 members (excludes halogenated alkanes) is 10. The Morgan fingerprint density at radius 2 is 0.720 bits per heavy atom. The maximum atomic E-state index is 14.5. The summed E-state index contributed by atoms with van der Waals surface area (Å²) < 4.78 is 69.0. The van der Waals surface area contributed by atoms with Crippen LogP contribution in [0.4, 0.5) is 0 Å². The molecule has 5 rings (SSSR count). The molecule has 20 N–H and O–H groups in total. The lowest BCUT2D eigenvalue weighted by molar-refractivity contribution is -0.270. The lowest BCUT2D eigenvalue weighted by Crippen LogP contribution is -2.64. The molecule has 44 nitrogen and oxygen atoms in total. The highest BCUT2D eigenvalue weighted by Gasteiger charge is 2.49. The standard InChI is InChI=1S/C80H140N11O33P/c1-50(95)87-68-74(110)71(107)57(45-92)122-78(68)118-37-15-12-21-60(99)81-30-18-33-84-63(102)27-40-115-49-55-77(117-42-29-65(104)86-35-20-32-83-62(101)23-14-17-39-120-80-70(89-52(3)97)76(112)73(109)59(47-94)124-80)56(26-36-90(55)66(105)24-10-8-6-4-5-7-9-11-25-67(106)91-44-54(98)43-53(91)48-121-125(113)114)116-41-28-64(103)85-34-19-31-82-61(100)22-13-16-38-119-79-69(88-51(2)96)75(111)72(108)58(46-93)123-79/h53-59,68-80,92-94,98,107-112H,4-49H2,1-3H3,(H9-,81,82,83,84,85,86,87,88,89,95,96,97,99,100,101,102,103,104,113,114)/p+1/t53-,54+,55+,56+,57+,58+,59+,68+,69+,70+,71-,72-,73-,74+,75+,76+,77+,78+,79+,80+/m0/s1. The number of ether oxygens (including phenoxy) is 9. The molecule has 125 heavy (non-hydrogen) atoms. The summed E-state index contributed by atoms with van der Waals surface area (Å²) in [4.78, 5) is 153. The quantitative estimate of drug-likeness (QED) is 0.0201. The lowest BCUT2D eigenvalue weighted by Gasteiger charge is -2.45. The van der Waals surface area contributed by atoms with Gasteiger partial charge in [0.05, 0.1) is 70.5 Å². The van der Waals surface area contributed by atoms with Gasteiger partial charge in [0.1, 0.15) is 85.8 Å². The number of carbonyl (C=O) groups is 11. The van der Waals surface area contributed by atoms with E-state index in [2.05, 4.69) is 47.9 Å². The Balaban J connectivity index is 1.14. The highest BCUT2D eigenvalue weighted by molar-refractivity contribution is 7.32. The molecule has 0 bridgehead atoms. The van der Waals surface area contributed by atoms with Crippen molar-refractivity contribution < 1.29 is 160 Å². The maximum Gasteiger partial charge on any atom is 0.694 e. The summed E-state index contributed by atoms with van der Waals surface area (Å²) in [5, 5.41) is 126. The number of piperidine rings is 1. The summed E-state index contributed by atoms with van der Waals surface area (Å²) in [6.45, 7) is 3.14. The number of hydrogen-bond acceptors (Lipinski definition) is 32. The first-order valence-electron chi connectivity index (χ1n) is 44.0. The predicted molar refractivity (Wildman–Crippen MR) is 440 cm³/mol. The van der Waals surface area contributed by atoms with Gasteiger partial charge < -0.3 is 151 Å². The number of nitrogens with zero attached hydrogens (tertiary/aromatic N) is 2. The van der Waals surface area contributed by atoms with Crippen LogP contribution < -0.4 is 47.9 Å². The zero-order valence-corrected chi connectivity index (χ0v) is 73.2. The van der Waals surface area contributed by atoms with Crippen molar-refractivity contribution in [3.63, 3.8) is 0 Å². The normalized spacial score (nSPS) is 26.9. The number of β-amino-alcohol motifs (C(OH)–C–C–N with tert-alkyl or cyclic N) is 1. The molecule has 0 aromatic carbocycles. The van der Waals surface area contributed by atoms with Crippen LogP contribution in [0.25, 0.3) is 0 Å². The Kier molecular flexibility index (Phi) is 53.9. The first kappa shape index (κ1) is 109. The molecule has 0 aliphatic carbocycles. The monoisotopic (exact) mass is 1810 g/mol. The van der Waals surface area contributed by atoms with E-state index >= 15 is 0 Å². The molecule has 5 fully saturated rings. The Hall–Kier alpha value is -6.57. The summed E-state index contributed by atoms with van der Waals surface area (Å²) in [6, 6.07) is -4.61. The van der Waals surface area contributed by atoms with Gasteiger partial charge in [0.25, 0.3) is 0 Å². The molecular formula is C80H141N11O33P+. The van der Waals surface area contributed by atoms with E-state index in [1.807, 2.05) is 0 Å². The van der Waals surface area contributed by atoms with Crippen LogP contribution in [0, 0.1) is 0 Å². The molecule has 0 aromatic rings. The van der Waals surface area contributed by atoms with Crippen LogP contribution in [0.1, 0.15) is 194 Å². The molecule has 5 heterocycles. The van der Waals surface area contributed by atoms with Crippen molar-refractivity contribution in [2.45, 2.75) is 316 Å². The van der Waals surface area contributed by atoms with Crippen LogP contribution >= 0.6 is 8.25 Å². The molecule has 5 aliphatic rings. The predicted octanol–water partition coefficient (Wildman–Crippen LogP) is -4.67. The summed E-state index contributed by atoms with van der Waals surface area (Å²) in [5.41, 5.74) is 0. The van der Waals surface area contributed by atoms with Gasteiger partial charge in [-0.05, 0) is 83.5 Å². The van der Waals surface area contributed by atoms with E-state index in [1.165, 1.54) is 25.7 Å². The third kappa shape index (κ3) is 41.8. The first-order chi connectivity index (χ1) is 60.0. The van der Waals surface area contributed by atoms with Gasteiger partial charge >= 0.3 is 8.25 Å². The minimum absolute atomic E-state index is 0.0655. The molecule has 0 radical (unpaired) electrons. The smallest absolute Gasteiger partial charge is 0.394 e. The fraction of sp³-hybridized carbons (Fsp3) is 0.863. The Morgan fingerprint density at radius 1 is 0.384 bits per heavy atom. The second-order valence-electron chi connectivity index (χ2n) is 31.9. The number of likely N-dealkylation sites (tertiary alicyclic amines) is 2. The van der Waals surface area contributed by atoms with Crippen molar-refractivity contribution >= 4 is 73.2 Å². The molecule has 0 spiro atoms. The second kappa shape index (κ2) is 61.8. The number of aliphatic hydroxyl groups excluding tert-OH is 10. The van der Waals surface area contributed by atoms with Gasteiger partial charge in [-0.2, -0.15) is 0 Å². The third-order valence-corrected chi connectivity index (χ3v) is 22.2. The van der Waals surface area contributed by atoms with E-state index in [4.69, 9.17) is 52.0 Å². The summed E-state index contributed by atoms with van der Waals surface area (Å²) in [5.74, 6) is -3.70. The number of aliphatic hydroxyl groups is 10. The van der Waals surface area contributed by atoms with Crippen LogP contribution in [0.5, 0.6) is 0 Å². The summed E-state index contributed by atoms with van der Waals surface area (Å²) >= 11 is 0. The fourth-order valence-corrected chi connectivity index (χ4v) is 15.3. The van der Waals surface area contributed by atoms with Crippen LogP contribution in [-0.4, -0.2) is 378 Å². The van der Waals surface area contributed by atoms with Crippen LogP contribution in [0.3, 0.4) is 0 Å². The topological polar surface area (TPSA) is 634 Å². The van der Waals surface area contributed by atoms with Gasteiger partial charge in [0.15, 0.2) is 18.9 Å². The van der Waals surface area contributed by atoms with Crippen molar-refractivity contribution in [1.82, 2.24) is 57.7 Å². The van der Waals surface area contributed by atoms with Crippen molar-refractivity contribution in [2.75, 3.05) is 125 Å². The molecular weight excluding hydrogens is 1670 g/mol. The number of amides is 11. The fourth-order valence-electron chi connectivity index (χ4n) is 15.0. The van der Waals surface area contributed by atoms with E-state index in [0.717, 1.165) is 38.5 Å². The molecule has 11 amide bonds. The van der Waals surface area contributed by atoms with Gasteiger partial charge in [-0.1, -0.05) is 38.5 Å². The minimum atomic E-state index is -2.84. The van der Waals surface area contributed by atoms with Gasteiger partial charge in [-0.15, -0.1) is 9.42 Å². The number of carbonyl (C=O) groups excluding carboxylic acids is 11. The molecule has 0 aromatic heterocycles. The largest absolute Gasteiger partial charge is 0.694 e. The lowest BCUT2D eigenvalue weighted by atomic mass is 9.95. The molecule has 1 unspecified atom stereocenters. The van der Waals surface area contributed by atoms with Crippen molar-refractivity contribution in [1.29, 1.82) is 0 Å². The Bertz CT molecular complexity index is 3220. The molecule has 45 heteroatoms. The average molecular weight is 1820 g/mol. The molecule has 21 atom stereocenters. The van der Waals surface area contributed by atoms with Gasteiger partial charge in [-0.3, -0.25) is 52.7 Å². The van der Waals surface area contributed by atoms with E-state index in [1.54, 1.807) is 4.90 Å². The number of hydrogen-bond donors (Lipinski definition) is 20. The number of rotatable bonds is 63. The van der Waals surface area contributed by atoms with Crippen molar-refractivity contribution in [3.05, 3.63) is 0 Å². The molecule has 5 aliphatic heterocycles. The molecule has 0 saturated carbocycles. The Morgan fingerprint density at radius 3 is 1.08 bits per heavy atom. The second-order valence-corrected chi connectivity index (χ2v) is 32.6. The van der Waals surface area contributed by atoms with E-state index < -0.39 is 168 Å². The average Bonchev–Trinajstić information content (AvgIpc) is 1.47. The van der Waals surface area contributed by atoms with E-state index in [9.17, 15) is 108 Å².